The standard InChI is InChI=1S/C23H18ClN3O3S/c1-13-11-15(14(2)26(13)16-7-9-17(28)10-8-16)12-18-21(29)25-23(31)27(22(18)30)20-6-4-3-5-19(20)24/h3-12,28H,1-2H3,(H,25,29,31)/b18-12+. The Morgan fingerprint density at radius 3 is 2.42 bits per heavy atom. The number of benzene rings is 2. The van der Waals surface area contributed by atoms with Crippen molar-refractivity contribution in [2.45, 2.75) is 13.8 Å². The van der Waals surface area contributed by atoms with Gasteiger partial charge in [-0.2, -0.15) is 0 Å². The van der Waals surface area contributed by atoms with Crippen LogP contribution < -0.4 is 10.2 Å². The van der Waals surface area contributed by atoms with E-state index in [4.69, 9.17) is 23.8 Å². The molecule has 0 spiro atoms. The van der Waals surface area contributed by atoms with Crippen LogP contribution in [-0.4, -0.2) is 26.6 Å². The van der Waals surface area contributed by atoms with Crippen molar-refractivity contribution in [2.24, 2.45) is 0 Å². The number of amides is 2. The lowest BCUT2D eigenvalue weighted by atomic mass is 10.1. The molecule has 2 aromatic carbocycles. The Balaban J connectivity index is 1.77. The molecule has 0 bridgehead atoms. The predicted octanol–water partition coefficient (Wildman–Crippen LogP) is 4.28. The third-order valence-electron chi connectivity index (χ3n) is 5.07. The highest BCUT2D eigenvalue weighted by Crippen LogP contribution is 2.30. The van der Waals surface area contributed by atoms with E-state index in [1.165, 1.54) is 4.90 Å². The lowest BCUT2D eigenvalue weighted by Gasteiger charge is -2.29. The highest BCUT2D eigenvalue weighted by Gasteiger charge is 2.35. The number of phenolic OH excluding ortho intramolecular Hbond substituents is 1. The van der Waals surface area contributed by atoms with Gasteiger partial charge in [-0.1, -0.05) is 23.7 Å². The topological polar surface area (TPSA) is 74.6 Å². The van der Waals surface area contributed by atoms with Crippen LogP contribution in [-0.2, 0) is 9.59 Å². The number of nitrogens with one attached hydrogen (secondary N) is 1. The van der Waals surface area contributed by atoms with E-state index in [0.717, 1.165) is 22.6 Å². The zero-order valence-electron chi connectivity index (χ0n) is 16.7. The van der Waals surface area contributed by atoms with Crippen LogP contribution in [0.4, 0.5) is 5.69 Å². The number of aromatic hydroxyl groups is 1. The second kappa shape index (κ2) is 8.02. The molecule has 1 aliphatic heterocycles. The normalized spacial score (nSPS) is 15.5. The summed E-state index contributed by atoms with van der Waals surface area (Å²) in [5.41, 5.74) is 3.69. The molecule has 1 saturated heterocycles. The summed E-state index contributed by atoms with van der Waals surface area (Å²) in [7, 11) is 0. The van der Waals surface area contributed by atoms with Gasteiger partial charge in [0.2, 0.25) is 0 Å². The van der Waals surface area contributed by atoms with Crippen LogP contribution in [0.1, 0.15) is 17.0 Å². The van der Waals surface area contributed by atoms with E-state index in [2.05, 4.69) is 5.32 Å². The molecule has 156 valence electrons. The number of thiocarbonyl (C=S) groups is 1. The van der Waals surface area contributed by atoms with Gasteiger partial charge in [0.15, 0.2) is 5.11 Å². The van der Waals surface area contributed by atoms with Gasteiger partial charge < -0.3 is 9.67 Å². The number of aromatic nitrogens is 1. The summed E-state index contributed by atoms with van der Waals surface area (Å²) in [6.07, 6.45) is 1.56. The summed E-state index contributed by atoms with van der Waals surface area (Å²) in [5, 5.41) is 12.5. The quantitative estimate of drug-likeness (QED) is 0.354. The number of para-hydroxylation sites is 1. The molecule has 31 heavy (non-hydrogen) atoms. The van der Waals surface area contributed by atoms with Gasteiger partial charge >= 0.3 is 0 Å². The van der Waals surface area contributed by atoms with Crippen molar-refractivity contribution in [2.75, 3.05) is 4.90 Å². The Bertz CT molecular complexity index is 1260. The number of halogens is 1. The van der Waals surface area contributed by atoms with Crippen LogP contribution in [0.15, 0.2) is 60.2 Å². The number of anilines is 1. The maximum atomic E-state index is 13.2. The molecule has 1 aromatic heterocycles. The maximum absolute atomic E-state index is 13.2. The molecular formula is C23H18ClN3O3S. The van der Waals surface area contributed by atoms with Crippen LogP contribution in [0.3, 0.4) is 0 Å². The second-order valence-electron chi connectivity index (χ2n) is 7.09. The minimum atomic E-state index is -0.562. The Hall–Kier alpha value is -3.42. The van der Waals surface area contributed by atoms with Crippen molar-refractivity contribution in [3.05, 3.63) is 82.1 Å². The van der Waals surface area contributed by atoms with Crippen molar-refractivity contribution < 1.29 is 14.7 Å². The van der Waals surface area contributed by atoms with Crippen LogP contribution in [0.2, 0.25) is 5.02 Å². The molecule has 2 N–H and O–H groups in total. The molecular weight excluding hydrogens is 434 g/mol. The average Bonchev–Trinajstić information content (AvgIpc) is 3.00. The number of aryl methyl sites for hydroxylation is 1. The average molecular weight is 452 g/mol. The monoisotopic (exact) mass is 451 g/mol. The molecule has 4 rings (SSSR count). The van der Waals surface area contributed by atoms with Gasteiger partial charge in [-0.25, -0.2) is 0 Å². The van der Waals surface area contributed by atoms with Gasteiger partial charge in [0.25, 0.3) is 11.8 Å². The van der Waals surface area contributed by atoms with Gasteiger partial charge in [-0.3, -0.25) is 19.8 Å². The van der Waals surface area contributed by atoms with Crippen molar-refractivity contribution >= 4 is 52.5 Å². The summed E-state index contributed by atoms with van der Waals surface area (Å²) in [6.45, 7) is 3.82. The predicted molar refractivity (Wildman–Crippen MR) is 125 cm³/mol. The number of rotatable bonds is 3. The molecule has 3 aromatic rings. The number of phenols is 1. The Labute approximate surface area is 189 Å². The van der Waals surface area contributed by atoms with Crippen LogP contribution in [0.5, 0.6) is 5.75 Å². The minimum Gasteiger partial charge on any atom is -0.508 e. The largest absolute Gasteiger partial charge is 0.508 e. The first-order valence-electron chi connectivity index (χ1n) is 9.42. The Kier molecular flexibility index (Phi) is 5.39. The summed E-state index contributed by atoms with van der Waals surface area (Å²) < 4.78 is 1.98. The van der Waals surface area contributed by atoms with Crippen molar-refractivity contribution in [3.8, 4) is 11.4 Å². The van der Waals surface area contributed by atoms with E-state index < -0.39 is 11.8 Å². The van der Waals surface area contributed by atoms with Crippen LogP contribution >= 0.6 is 23.8 Å². The molecule has 0 aliphatic carbocycles. The Morgan fingerprint density at radius 2 is 1.74 bits per heavy atom. The highest BCUT2D eigenvalue weighted by atomic mass is 35.5. The van der Waals surface area contributed by atoms with Gasteiger partial charge in [0, 0.05) is 17.1 Å². The highest BCUT2D eigenvalue weighted by molar-refractivity contribution is 7.80. The number of carbonyl (C=O) groups is 2. The third kappa shape index (κ3) is 3.73. The van der Waals surface area contributed by atoms with E-state index in [1.54, 1.807) is 54.6 Å². The van der Waals surface area contributed by atoms with Crippen molar-refractivity contribution in [1.29, 1.82) is 0 Å². The van der Waals surface area contributed by atoms with Crippen LogP contribution in [0, 0.1) is 13.8 Å². The smallest absolute Gasteiger partial charge is 0.270 e. The van der Waals surface area contributed by atoms with E-state index in [-0.39, 0.29) is 16.4 Å². The summed E-state index contributed by atoms with van der Waals surface area (Å²) in [6, 6.07) is 15.5. The second-order valence-corrected chi connectivity index (χ2v) is 7.88. The molecule has 0 unspecified atom stereocenters. The molecule has 6 nitrogen and oxygen atoms in total. The number of nitrogens with zero attached hydrogens (tertiary/aromatic N) is 2. The SMILES string of the molecule is Cc1cc(/C=C2\C(=O)NC(=S)N(c3ccccc3Cl)C2=O)c(C)n1-c1ccc(O)cc1. The summed E-state index contributed by atoms with van der Waals surface area (Å²) in [4.78, 5) is 27.1. The number of hydrogen-bond acceptors (Lipinski definition) is 4. The van der Waals surface area contributed by atoms with E-state index in [9.17, 15) is 14.7 Å². The zero-order valence-corrected chi connectivity index (χ0v) is 18.3. The van der Waals surface area contributed by atoms with E-state index in [1.807, 2.05) is 24.5 Å². The minimum absolute atomic E-state index is 0.0187. The third-order valence-corrected chi connectivity index (χ3v) is 5.68. The van der Waals surface area contributed by atoms with Gasteiger partial charge in [0.05, 0.1) is 10.7 Å². The molecule has 2 amide bonds. The fraction of sp³-hybridized carbons (Fsp3) is 0.0870. The molecule has 0 atom stereocenters. The lowest BCUT2D eigenvalue weighted by Crippen LogP contribution is -2.54. The van der Waals surface area contributed by atoms with Crippen molar-refractivity contribution in [1.82, 2.24) is 9.88 Å². The van der Waals surface area contributed by atoms with Crippen molar-refractivity contribution in [3.63, 3.8) is 0 Å². The Morgan fingerprint density at radius 1 is 1.06 bits per heavy atom. The summed E-state index contributed by atoms with van der Waals surface area (Å²) in [5.74, 6) is -0.933. The maximum Gasteiger partial charge on any atom is 0.270 e. The first kappa shape index (κ1) is 20.8. The van der Waals surface area contributed by atoms with E-state index in [0.29, 0.717) is 10.7 Å². The van der Waals surface area contributed by atoms with Gasteiger partial charge in [-0.05, 0) is 80.2 Å². The molecule has 1 aliphatic rings. The fourth-order valence-corrected chi connectivity index (χ4v) is 4.09. The first-order valence-corrected chi connectivity index (χ1v) is 10.2. The zero-order chi connectivity index (χ0) is 22.3. The van der Waals surface area contributed by atoms with Gasteiger partial charge in [0.1, 0.15) is 11.3 Å². The summed E-state index contributed by atoms with van der Waals surface area (Å²) >= 11 is 11.5. The van der Waals surface area contributed by atoms with E-state index >= 15 is 0 Å². The fourth-order valence-electron chi connectivity index (χ4n) is 3.60. The molecule has 1 fully saturated rings. The first-order chi connectivity index (χ1) is 14.8. The van der Waals surface area contributed by atoms with Gasteiger partial charge in [-0.15, -0.1) is 0 Å². The lowest BCUT2D eigenvalue weighted by molar-refractivity contribution is -0.122. The van der Waals surface area contributed by atoms with Crippen LogP contribution in [0.25, 0.3) is 11.8 Å². The molecule has 2 heterocycles. The molecule has 0 radical (unpaired) electrons. The number of hydrogen-bond donors (Lipinski definition) is 2. The number of carbonyl (C=O) groups excluding carboxylic acids is 2. The molecule has 8 heteroatoms. The molecule has 0 saturated carbocycles.